The van der Waals surface area contributed by atoms with Crippen LogP contribution in [0.15, 0.2) is 0 Å². The minimum absolute atomic E-state index is 0.0660. The molecule has 1 rings (SSSR count). The van der Waals surface area contributed by atoms with E-state index in [4.69, 9.17) is 0 Å². The normalized spacial score (nSPS) is 27.3. The van der Waals surface area contributed by atoms with Crippen LogP contribution in [0.5, 0.6) is 0 Å². The summed E-state index contributed by atoms with van der Waals surface area (Å²) in [5.74, 6) is 0. The van der Waals surface area contributed by atoms with Gasteiger partial charge in [0.25, 0.3) is 0 Å². The lowest BCUT2D eigenvalue weighted by molar-refractivity contribution is 0.0886. The van der Waals surface area contributed by atoms with Crippen molar-refractivity contribution in [3.8, 4) is 0 Å². The zero-order valence-electron chi connectivity index (χ0n) is 7.38. The summed E-state index contributed by atoms with van der Waals surface area (Å²) >= 11 is 0. The topological polar surface area (TPSA) is 23.1 Å². The van der Waals surface area contributed by atoms with Crippen LogP contribution in [0.1, 0.15) is 32.6 Å². The van der Waals surface area contributed by atoms with Crippen LogP contribution in [-0.2, 0) is 5.11 Å². The van der Waals surface area contributed by atoms with Crippen LogP contribution < -0.4 is 0 Å². The van der Waals surface area contributed by atoms with E-state index in [9.17, 15) is 5.11 Å². The molecule has 11 heavy (non-hydrogen) atoms. The van der Waals surface area contributed by atoms with E-state index in [1.807, 2.05) is 0 Å². The summed E-state index contributed by atoms with van der Waals surface area (Å²) in [6, 6.07) is 0.706. The van der Waals surface area contributed by atoms with Gasteiger partial charge in [0.15, 0.2) is 0 Å². The molecule has 1 radical (unpaired) electrons. The lowest BCUT2D eigenvalue weighted by atomic mass is 10.0. The van der Waals surface area contributed by atoms with E-state index in [0.717, 1.165) is 13.1 Å². The molecule has 1 heterocycles. The number of nitrogens with zero attached hydrogens (tertiary/aromatic N) is 1. The first-order valence-corrected chi connectivity index (χ1v) is 4.70. The van der Waals surface area contributed by atoms with Gasteiger partial charge in [-0.15, -0.1) is 0 Å². The quantitative estimate of drug-likeness (QED) is 0.609. The zero-order chi connectivity index (χ0) is 8.10. The van der Waals surface area contributed by atoms with Crippen molar-refractivity contribution in [1.29, 1.82) is 0 Å². The largest absolute Gasteiger partial charge is 0.298 e. The zero-order valence-corrected chi connectivity index (χ0v) is 7.38. The van der Waals surface area contributed by atoms with Gasteiger partial charge in [-0.2, -0.15) is 0 Å². The molecule has 65 valence electrons. The maximum Gasteiger partial charge on any atom is 0.0949 e. The Hall–Kier alpha value is -0.0800. The summed E-state index contributed by atoms with van der Waals surface area (Å²) in [6.45, 7) is 4.20. The van der Waals surface area contributed by atoms with Crippen LogP contribution in [0.3, 0.4) is 0 Å². The Kier molecular flexibility index (Phi) is 3.87. The average Bonchev–Trinajstić information content (AvgIpc) is 2.06. The van der Waals surface area contributed by atoms with Gasteiger partial charge >= 0.3 is 0 Å². The molecular formula is C9H18NO. The van der Waals surface area contributed by atoms with Crippen LogP contribution in [0.2, 0.25) is 0 Å². The minimum Gasteiger partial charge on any atom is -0.298 e. The smallest absolute Gasteiger partial charge is 0.0949 e. The van der Waals surface area contributed by atoms with Gasteiger partial charge in [-0.3, -0.25) is 4.90 Å². The number of likely N-dealkylation sites (tertiary alicyclic amines) is 1. The molecule has 1 saturated heterocycles. The van der Waals surface area contributed by atoms with Gasteiger partial charge < -0.3 is 0 Å². The van der Waals surface area contributed by atoms with Crippen molar-refractivity contribution >= 4 is 0 Å². The Bertz CT molecular complexity index is 104. The van der Waals surface area contributed by atoms with Crippen LogP contribution in [0.4, 0.5) is 0 Å². The first-order chi connectivity index (χ1) is 5.38. The summed E-state index contributed by atoms with van der Waals surface area (Å²) < 4.78 is 0. The Balaban J connectivity index is 2.31. The molecule has 0 bridgehead atoms. The Morgan fingerprint density at radius 1 is 1.45 bits per heavy atom. The Morgan fingerprint density at radius 3 is 2.91 bits per heavy atom. The van der Waals surface area contributed by atoms with Crippen molar-refractivity contribution in [2.24, 2.45) is 0 Å². The van der Waals surface area contributed by atoms with Crippen molar-refractivity contribution in [3.05, 3.63) is 0 Å². The fourth-order valence-corrected chi connectivity index (χ4v) is 1.93. The molecule has 1 atom stereocenters. The highest BCUT2D eigenvalue weighted by atomic mass is 16.3. The third-order valence-corrected chi connectivity index (χ3v) is 2.60. The van der Waals surface area contributed by atoms with Gasteiger partial charge in [-0.05, 0) is 25.8 Å². The predicted octanol–water partition coefficient (Wildman–Crippen LogP) is 1.68. The summed E-state index contributed by atoms with van der Waals surface area (Å²) in [6.07, 6.45) is 5.15. The van der Waals surface area contributed by atoms with Crippen molar-refractivity contribution in [3.63, 3.8) is 0 Å². The summed E-state index contributed by atoms with van der Waals surface area (Å²) in [7, 11) is 0. The van der Waals surface area contributed by atoms with Crippen LogP contribution in [-0.4, -0.2) is 30.6 Å². The van der Waals surface area contributed by atoms with Crippen LogP contribution in [0, 0.1) is 0 Å². The third kappa shape index (κ3) is 2.46. The molecule has 0 N–H and O–H groups in total. The monoisotopic (exact) mass is 156 g/mol. The number of rotatable bonds is 3. The molecule has 1 aliphatic heterocycles. The van der Waals surface area contributed by atoms with Gasteiger partial charge in [-0.1, -0.05) is 13.3 Å². The number of piperidine rings is 1. The highest BCUT2D eigenvalue weighted by Crippen LogP contribution is 2.18. The highest BCUT2D eigenvalue weighted by molar-refractivity contribution is 4.74. The molecule has 1 aliphatic rings. The second-order valence-corrected chi connectivity index (χ2v) is 3.30. The van der Waals surface area contributed by atoms with E-state index in [1.54, 1.807) is 0 Å². The van der Waals surface area contributed by atoms with Gasteiger partial charge in [0.05, 0.1) is 6.61 Å². The standard InChI is InChI=1S/C9H18NO/c1-2-9-5-3-4-6-10(9)7-8-11/h9H,2-8H2,1H3. The first kappa shape index (κ1) is 9.01. The SMILES string of the molecule is CCC1CCCCN1CC[O]. The molecule has 2 heteroatoms. The maximum absolute atomic E-state index is 10.4. The van der Waals surface area contributed by atoms with Gasteiger partial charge in [0.2, 0.25) is 0 Å². The third-order valence-electron chi connectivity index (χ3n) is 2.60. The summed E-state index contributed by atoms with van der Waals surface area (Å²) in [5.41, 5.74) is 0. The Labute approximate surface area is 69.2 Å². The van der Waals surface area contributed by atoms with E-state index in [1.165, 1.54) is 25.7 Å². The molecule has 0 aliphatic carbocycles. The van der Waals surface area contributed by atoms with Crippen molar-refractivity contribution < 1.29 is 5.11 Å². The molecule has 0 aromatic heterocycles. The van der Waals surface area contributed by atoms with Crippen LogP contribution >= 0.6 is 0 Å². The lowest BCUT2D eigenvalue weighted by Crippen LogP contribution is -2.40. The van der Waals surface area contributed by atoms with Gasteiger partial charge in [0, 0.05) is 12.6 Å². The lowest BCUT2D eigenvalue weighted by Gasteiger charge is -2.34. The molecule has 1 unspecified atom stereocenters. The van der Waals surface area contributed by atoms with Crippen molar-refractivity contribution in [1.82, 2.24) is 4.90 Å². The summed E-state index contributed by atoms with van der Waals surface area (Å²) in [4.78, 5) is 2.36. The van der Waals surface area contributed by atoms with E-state index in [-0.39, 0.29) is 6.61 Å². The molecule has 0 amide bonds. The second-order valence-electron chi connectivity index (χ2n) is 3.30. The molecule has 2 nitrogen and oxygen atoms in total. The highest BCUT2D eigenvalue weighted by Gasteiger charge is 2.19. The van der Waals surface area contributed by atoms with Crippen LogP contribution in [0.25, 0.3) is 0 Å². The fourth-order valence-electron chi connectivity index (χ4n) is 1.93. The fraction of sp³-hybridized carbons (Fsp3) is 1.00. The molecule has 0 saturated carbocycles. The predicted molar refractivity (Wildman–Crippen MR) is 45.1 cm³/mol. The van der Waals surface area contributed by atoms with Crippen molar-refractivity contribution in [2.75, 3.05) is 19.7 Å². The average molecular weight is 156 g/mol. The molecular weight excluding hydrogens is 138 g/mol. The second kappa shape index (κ2) is 4.73. The number of hydrogen-bond donors (Lipinski definition) is 0. The molecule has 0 aromatic carbocycles. The van der Waals surface area contributed by atoms with E-state index >= 15 is 0 Å². The van der Waals surface area contributed by atoms with E-state index < -0.39 is 0 Å². The van der Waals surface area contributed by atoms with Gasteiger partial charge in [0.1, 0.15) is 0 Å². The van der Waals surface area contributed by atoms with Crippen molar-refractivity contribution in [2.45, 2.75) is 38.6 Å². The van der Waals surface area contributed by atoms with Gasteiger partial charge in [-0.25, -0.2) is 5.11 Å². The molecule has 0 spiro atoms. The summed E-state index contributed by atoms with van der Waals surface area (Å²) in [5, 5.41) is 10.4. The number of hydrogen-bond acceptors (Lipinski definition) is 1. The molecule has 0 aromatic rings. The maximum atomic E-state index is 10.4. The Morgan fingerprint density at radius 2 is 2.27 bits per heavy atom. The van der Waals surface area contributed by atoms with E-state index in [0.29, 0.717) is 6.04 Å². The van der Waals surface area contributed by atoms with E-state index in [2.05, 4.69) is 11.8 Å². The molecule has 1 fully saturated rings. The first-order valence-electron chi connectivity index (χ1n) is 4.70. The minimum atomic E-state index is 0.0660.